The predicted molar refractivity (Wildman–Crippen MR) is 70.4 cm³/mol. The van der Waals surface area contributed by atoms with Gasteiger partial charge in [-0.2, -0.15) is 0 Å². The summed E-state index contributed by atoms with van der Waals surface area (Å²) in [6.07, 6.45) is 4.76. The van der Waals surface area contributed by atoms with Crippen LogP contribution in [0.5, 0.6) is 0 Å². The van der Waals surface area contributed by atoms with Crippen LogP contribution >= 0.6 is 23.2 Å². The maximum atomic E-state index is 12.0. The van der Waals surface area contributed by atoms with Gasteiger partial charge in [0.15, 0.2) is 0 Å². The van der Waals surface area contributed by atoms with Gasteiger partial charge in [0.1, 0.15) is 5.78 Å². The second kappa shape index (κ2) is 5.21. The zero-order valence-electron chi connectivity index (χ0n) is 9.20. The normalized spacial score (nSPS) is 23.0. The van der Waals surface area contributed by atoms with E-state index in [2.05, 4.69) is 0 Å². The number of halogens is 2. The first kappa shape index (κ1) is 12.6. The van der Waals surface area contributed by atoms with Gasteiger partial charge in [0.2, 0.25) is 0 Å². The van der Waals surface area contributed by atoms with Crippen molar-refractivity contribution in [2.75, 3.05) is 0 Å². The van der Waals surface area contributed by atoms with E-state index in [1.165, 1.54) is 0 Å². The lowest BCUT2D eigenvalue weighted by atomic mass is 9.97. The van der Waals surface area contributed by atoms with Crippen LogP contribution in [-0.4, -0.2) is 11.8 Å². The number of Topliss-reactive ketones (excluding diaryl/α,β-unsaturated/α-hetero) is 1. The van der Waals surface area contributed by atoms with E-state index in [0.29, 0.717) is 22.9 Å². The lowest BCUT2D eigenvalue weighted by molar-refractivity contribution is -0.120. The van der Waals surface area contributed by atoms with Crippen molar-refractivity contribution in [3.63, 3.8) is 0 Å². The first-order valence-electron chi connectivity index (χ1n) is 5.47. The third-order valence-electron chi connectivity index (χ3n) is 2.93. The van der Waals surface area contributed by atoms with Gasteiger partial charge in [-0.3, -0.25) is 4.79 Å². The van der Waals surface area contributed by atoms with Crippen LogP contribution in [0.25, 0.3) is 0 Å². The highest BCUT2D eigenvalue weighted by molar-refractivity contribution is 6.42. The zero-order chi connectivity index (χ0) is 12.4. The second-order valence-corrected chi connectivity index (χ2v) is 5.03. The van der Waals surface area contributed by atoms with Crippen LogP contribution in [0.1, 0.15) is 12.0 Å². The van der Waals surface area contributed by atoms with E-state index in [0.717, 1.165) is 5.56 Å². The summed E-state index contributed by atoms with van der Waals surface area (Å²) < 4.78 is 0. The number of nitrogens with two attached hydrogens (primary N) is 1. The molecule has 0 fully saturated rings. The molecule has 0 aliphatic heterocycles. The van der Waals surface area contributed by atoms with Crippen molar-refractivity contribution in [1.29, 1.82) is 0 Å². The molecule has 2 rings (SSSR count). The van der Waals surface area contributed by atoms with Gasteiger partial charge in [-0.1, -0.05) is 47.5 Å². The minimum atomic E-state index is -0.0833. The summed E-state index contributed by atoms with van der Waals surface area (Å²) in [5, 5.41) is 0.949. The Hall–Kier alpha value is -0.830. The number of rotatable bonds is 3. The van der Waals surface area contributed by atoms with Gasteiger partial charge in [-0.25, -0.2) is 0 Å². The Morgan fingerprint density at radius 2 is 2.12 bits per heavy atom. The molecule has 2 unspecified atom stereocenters. The Labute approximate surface area is 110 Å². The van der Waals surface area contributed by atoms with E-state index < -0.39 is 0 Å². The van der Waals surface area contributed by atoms with Crippen molar-refractivity contribution in [2.45, 2.75) is 18.9 Å². The highest BCUT2D eigenvalue weighted by atomic mass is 35.5. The molecule has 0 amide bonds. The summed E-state index contributed by atoms with van der Waals surface area (Å²) in [6, 6.07) is 5.33. The van der Waals surface area contributed by atoms with Crippen LogP contribution in [0.15, 0.2) is 30.4 Å². The molecule has 0 aromatic heterocycles. The summed E-state index contributed by atoms with van der Waals surface area (Å²) >= 11 is 11.9. The molecule has 1 aliphatic carbocycles. The van der Waals surface area contributed by atoms with Gasteiger partial charge < -0.3 is 5.73 Å². The number of ketones is 1. The second-order valence-electron chi connectivity index (χ2n) is 4.25. The van der Waals surface area contributed by atoms with E-state index >= 15 is 0 Å². The quantitative estimate of drug-likeness (QED) is 0.858. The zero-order valence-corrected chi connectivity index (χ0v) is 10.7. The van der Waals surface area contributed by atoms with Crippen LogP contribution in [0.2, 0.25) is 10.0 Å². The molecule has 1 aliphatic rings. The molecule has 1 aromatic rings. The smallest absolute Gasteiger partial charge is 0.144 e. The Kier molecular flexibility index (Phi) is 3.87. The monoisotopic (exact) mass is 269 g/mol. The molecule has 0 saturated heterocycles. The average Bonchev–Trinajstić information content (AvgIpc) is 2.72. The molecular weight excluding hydrogens is 257 g/mol. The van der Waals surface area contributed by atoms with Gasteiger partial charge in [0.25, 0.3) is 0 Å². The molecule has 2 nitrogen and oxygen atoms in total. The maximum Gasteiger partial charge on any atom is 0.144 e. The molecule has 0 radical (unpaired) electrons. The fourth-order valence-corrected chi connectivity index (χ4v) is 2.36. The SMILES string of the molecule is NC1C=CC(C(=O)Cc2cccc(Cl)c2Cl)C1. The van der Waals surface area contributed by atoms with Crippen LogP contribution in [0, 0.1) is 5.92 Å². The van der Waals surface area contributed by atoms with E-state index in [4.69, 9.17) is 28.9 Å². The lowest BCUT2D eigenvalue weighted by Gasteiger charge is -2.09. The fraction of sp³-hybridized carbons (Fsp3) is 0.308. The minimum Gasteiger partial charge on any atom is -0.324 e. The average molecular weight is 270 g/mol. The maximum absolute atomic E-state index is 12.0. The van der Waals surface area contributed by atoms with E-state index in [-0.39, 0.29) is 17.7 Å². The summed E-state index contributed by atoms with van der Waals surface area (Å²) in [4.78, 5) is 12.0. The van der Waals surface area contributed by atoms with Crippen molar-refractivity contribution in [3.05, 3.63) is 46.0 Å². The molecule has 17 heavy (non-hydrogen) atoms. The number of carbonyl (C=O) groups excluding carboxylic acids is 1. The number of carbonyl (C=O) groups is 1. The number of hydrogen-bond acceptors (Lipinski definition) is 2. The van der Waals surface area contributed by atoms with Crippen LogP contribution in [0.3, 0.4) is 0 Å². The summed E-state index contributed by atoms with van der Waals surface area (Å²) in [5.74, 6) is 0.0541. The van der Waals surface area contributed by atoms with Gasteiger partial charge in [-0.15, -0.1) is 0 Å². The molecule has 0 heterocycles. The van der Waals surface area contributed by atoms with E-state index in [9.17, 15) is 4.79 Å². The highest BCUT2D eigenvalue weighted by Gasteiger charge is 2.23. The molecule has 4 heteroatoms. The van der Waals surface area contributed by atoms with E-state index in [1.807, 2.05) is 18.2 Å². The molecular formula is C13H13Cl2NO. The summed E-state index contributed by atoms with van der Waals surface area (Å²) in [7, 11) is 0. The van der Waals surface area contributed by atoms with Crippen LogP contribution in [0.4, 0.5) is 0 Å². The highest BCUT2D eigenvalue weighted by Crippen LogP contribution is 2.27. The van der Waals surface area contributed by atoms with Crippen molar-refractivity contribution in [2.24, 2.45) is 11.7 Å². The molecule has 1 aromatic carbocycles. The van der Waals surface area contributed by atoms with Crippen LogP contribution in [-0.2, 0) is 11.2 Å². The number of hydrogen-bond donors (Lipinski definition) is 1. The summed E-state index contributed by atoms with van der Waals surface area (Å²) in [5.41, 5.74) is 6.50. The van der Waals surface area contributed by atoms with E-state index in [1.54, 1.807) is 12.1 Å². The molecule has 2 atom stereocenters. The van der Waals surface area contributed by atoms with Gasteiger partial charge in [-0.05, 0) is 18.1 Å². The summed E-state index contributed by atoms with van der Waals surface area (Å²) in [6.45, 7) is 0. The Morgan fingerprint density at radius 3 is 2.76 bits per heavy atom. The molecule has 90 valence electrons. The topological polar surface area (TPSA) is 43.1 Å². The third-order valence-corrected chi connectivity index (χ3v) is 3.78. The Balaban J connectivity index is 2.09. The molecule has 0 spiro atoms. The molecule has 2 N–H and O–H groups in total. The van der Waals surface area contributed by atoms with Crippen molar-refractivity contribution in [1.82, 2.24) is 0 Å². The van der Waals surface area contributed by atoms with Crippen molar-refractivity contribution >= 4 is 29.0 Å². The number of benzene rings is 1. The standard InChI is InChI=1S/C13H13Cl2NO/c14-11-3-1-2-9(13(11)15)7-12(17)8-4-5-10(16)6-8/h1-5,8,10H,6-7,16H2. The van der Waals surface area contributed by atoms with Gasteiger partial charge >= 0.3 is 0 Å². The Bertz CT molecular complexity index is 470. The van der Waals surface area contributed by atoms with Crippen molar-refractivity contribution in [3.8, 4) is 0 Å². The molecule has 0 saturated carbocycles. The number of allylic oxidation sites excluding steroid dienone is 1. The lowest BCUT2D eigenvalue weighted by Crippen LogP contribution is -2.20. The third kappa shape index (κ3) is 2.89. The minimum absolute atomic E-state index is 0.00113. The Morgan fingerprint density at radius 1 is 1.35 bits per heavy atom. The predicted octanol–water partition coefficient (Wildman–Crippen LogP) is 3.01. The van der Waals surface area contributed by atoms with Crippen LogP contribution < -0.4 is 5.73 Å². The first-order chi connectivity index (χ1) is 8.08. The molecule has 0 bridgehead atoms. The largest absolute Gasteiger partial charge is 0.324 e. The van der Waals surface area contributed by atoms with Crippen molar-refractivity contribution < 1.29 is 4.79 Å². The van der Waals surface area contributed by atoms with Gasteiger partial charge in [0.05, 0.1) is 10.0 Å². The van der Waals surface area contributed by atoms with Gasteiger partial charge in [0, 0.05) is 18.4 Å². The fourth-order valence-electron chi connectivity index (χ4n) is 1.97. The first-order valence-corrected chi connectivity index (χ1v) is 6.23.